The molecule has 130 valence electrons. The summed E-state index contributed by atoms with van der Waals surface area (Å²) in [4.78, 5) is 12.8. The van der Waals surface area contributed by atoms with E-state index in [0.717, 1.165) is 4.31 Å². The lowest BCUT2D eigenvalue weighted by molar-refractivity contribution is -0.140. The highest BCUT2D eigenvalue weighted by Crippen LogP contribution is 2.34. The number of carboxylic acid groups (broad SMARTS) is 1. The number of aliphatic hydroxyl groups excluding tert-OH is 1. The van der Waals surface area contributed by atoms with E-state index in [1.165, 1.54) is 31.1 Å². The van der Waals surface area contributed by atoms with E-state index in [9.17, 15) is 23.4 Å². The Balaban J connectivity index is 2.17. The lowest BCUT2D eigenvalue weighted by Crippen LogP contribution is -2.42. The number of carbonyl (C=O) groups is 1. The summed E-state index contributed by atoms with van der Waals surface area (Å²) in [6.07, 6.45) is -0.746. The second-order valence-electron chi connectivity index (χ2n) is 5.66. The standard InChI is InChI=1S/C13H16N4O6S/c1-16(2)24(21,22)9-4-3-7(10-11(9)15-23-14-10)17-6-5-8(18)12(17)13(19)20/h3-4,8,12,18H,5-6H2,1-2H3,(H,19,20)/t8-,12-/m0/s1. The monoisotopic (exact) mass is 356 g/mol. The van der Waals surface area contributed by atoms with Gasteiger partial charge < -0.3 is 15.1 Å². The molecular formula is C13H16N4O6S. The van der Waals surface area contributed by atoms with Crippen molar-refractivity contribution in [2.24, 2.45) is 0 Å². The Hall–Kier alpha value is -2.24. The lowest BCUT2D eigenvalue weighted by atomic mass is 10.1. The minimum absolute atomic E-state index is 0.0201. The van der Waals surface area contributed by atoms with Crippen molar-refractivity contribution in [3.05, 3.63) is 12.1 Å². The molecule has 1 aromatic carbocycles. The van der Waals surface area contributed by atoms with Crippen molar-refractivity contribution < 1.29 is 28.1 Å². The van der Waals surface area contributed by atoms with Gasteiger partial charge in [-0.3, -0.25) is 0 Å². The summed E-state index contributed by atoms with van der Waals surface area (Å²) in [7, 11) is -0.990. The second kappa shape index (κ2) is 5.69. The number of fused-ring (bicyclic) bond motifs is 1. The molecule has 2 aromatic rings. The molecule has 0 saturated carbocycles. The predicted octanol–water partition coefficient (Wildman–Crippen LogP) is -0.503. The van der Waals surface area contributed by atoms with E-state index in [1.807, 2.05) is 0 Å². The minimum Gasteiger partial charge on any atom is -0.480 e. The van der Waals surface area contributed by atoms with Gasteiger partial charge in [0.05, 0.1) is 11.8 Å². The first-order valence-corrected chi connectivity index (χ1v) is 8.54. The van der Waals surface area contributed by atoms with Crippen molar-refractivity contribution in [2.75, 3.05) is 25.5 Å². The largest absolute Gasteiger partial charge is 0.480 e. The molecule has 1 aliphatic rings. The van der Waals surface area contributed by atoms with Crippen LogP contribution in [0.3, 0.4) is 0 Å². The van der Waals surface area contributed by atoms with Crippen LogP contribution in [0.4, 0.5) is 5.69 Å². The number of aliphatic carboxylic acids is 1. The van der Waals surface area contributed by atoms with Crippen molar-refractivity contribution in [1.29, 1.82) is 0 Å². The number of hydrogen-bond donors (Lipinski definition) is 2. The maximum Gasteiger partial charge on any atom is 0.329 e. The van der Waals surface area contributed by atoms with Crippen molar-refractivity contribution in [3.8, 4) is 0 Å². The summed E-state index contributed by atoms with van der Waals surface area (Å²) in [5.41, 5.74) is 0.512. The second-order valence-corrected chi connectivity index (χ2v) is 7.78. The van der Waals surface area contributed by atoms with Gasteiger partial charge in [0.1, 0.15) is 4.90 Å². The highest BCUT2D eigenvalue weighted by molar-refractivity contribution is 7.89. The number of benzene rings is 1. The van der Waals surface area contributed by atoms with Gasteiger partial charge in [0.15, 0.2) is 17.1 Å². The number of carboxylic acids is 1. The third-order valence-corrected chi connectivity index (χ3v) is 5.89. The molecule has 1 saturated heterocycles. The molecule has 1 aromatic heterocycles. The first-order chi connectivity index (χ1) is 11.2. The van der Waals surface area contributed by atoms with Crippen LogP contribution in [0.15, 0.2) is 21.7 Å². The summed E-state index contributed by atoms with van der Waals surface area (Å²) < 4.78 is 30.5. The number of aromatic nitrogens is 2. The van der Waals surface area contributed by atoms with Gasteiger partial charge in [-0.05, 0) is 28.9 Å². The fourth-order valence-electron chi connectivity index (χ4n) is 2.81. The van der Waals surface area contributed by atoms with Crippen LogP contribution < -0.4 is 4.90 Å². The maximum absolute atomic E-state index is 12.4. The van der Waals surface area contributed by atoms with Gasteiger partial charge in [-0.2, -0.15) is 0 Å². The quantitative estimate of drug-likeness (QED) is 0.742. The molecule has 0 spiro atoms. The Labute approximate surface area is 137 Å². The number of nitrogens with zero attached hydrogens (tertiary/aromatic N) is 4. The molecule has 10 nitrogen and oxygen atoms in total. The molecule has 0 radical (unpaired) electrons. The van der Waals surface area contributed by atoms with Crippen LogP contribution in [0, 0.1) is 0 Å². The minimum atomic E-state index is -3.77. The van der Waals surface area contributed by atoms with Gasteiger partial charge in [-0.1, -0.05) is 0 Å². The average molecular weight is 356 g/mol. The summed E-state index contributed by atoms with van der Waals surface area (Å²) in [5.74, 6) is -1.17. The molecule has 1 aliphatic heterocycles. The summed E-state index contributed by atoms with van der Waals surface area (Å²) >= 11 is 0. The molecule has 2 N–H and O–H groups in total. The van der Waals surface area contributed by atoms with Gasteiger partial charge in [0.25, 0.3) is 0 Å². The summed E-state index contributed by atoms with van der Waals surface area (Å²) in [6, 6.07) is 1.65. The number of anilines is 1. The third kappa shape index (κ3) is 2.41. The van der Waals surface area contributed by atoms with Gasteiger partial charge in [0, 0.05) is 20.6 Å². The zero-order valence-corrected chi connectivity index (χ0v) is 13.8. The van der Waals surface area contributed by atoms with Crippen molar-refractivity contribution >= 4 is 32.7 Å². The Morgan fingerprint density at radius 2 is 2.00 bits per heavy atom. The van der Waals surface area contributed by atoms with Crippen LogP contribution in [0.25, 0.3) is 11.0 Å². The first-order valence-electron chi connectivity index (χ1n) is 7.10. The molecular weight excluding hydrogens is 340 g/mol. The topological polar surface area (TPSA) is 137 Å². The Morgan fingerprint density at radius 1 is 1.33 bits per heavy atom. The molecule has 2 atom stereocenters. The van der Waals surface area contributed by atoms with Gasteiger partial charge >= 0.3 is 5.97 Å². The van der Waals surface area contributed by atoms with Gasteiger partial charge in [0.2, 0.25) is 10.0 Å². The fraction of sp³-hybridized carbons (Fsp3) is 0.462. The Morgan fingerprint density at radius 3 is 2.62 bits per heavy atom. The smallest absolute Gasteiger partial charge is 0.329 e. The van der Waals surface area contributed by atoms with Crippen molar-refractivity contribution in [1.82, 2.24) is 14.6 Å². The van der Waals surface area contributed by atoms with Crippen molar-refractivity contribution in [2.45, 2.75) is 23.5 Å². The molecule has 3 rings (SSSR count). The predicted molar refractivity (Wildman–Crippen MR) is 82.1 cm³/mol. The Kier molecular flexibility index (Phi) is 3.94. The summed E-state index contributed by atoms with van der Waals surface area (Å²) in [5, 5.41) is 26.6. The normalized spacial score (nSPS) is 21.8. The van der Waals surface area contributed by atoms with E-state index in [4.69, 9.17) is 0 Å². The zero-order chi connectivity index (χ0) is 17.6. The van der Waals surface area contributed by atoms with E-state index >= 15 is 0 Å². The van der Waals surface area contributed by atoms with Crippen LogP contribution >= 0.6 is 0 Å². The molecule has 0 bridgehead atoms. The Bertz CT molecular complexity index is 893. The number of sulfonamides is 1. The number of rotatable bonds is 4. The molecule has 24 heavy (non-hydrogen) atoms. The van der Waals surface area contributed by atoms with Crippen LogP contribution in [-0.4, -0.2) is 72.0 Å². The first kappa shape index (κ1) is 16.6. The molecule has 1 fully saturated rings. The zero-order valence-electron chi connectivity index (χ0n) is 12.9. The maximum atomic E-state index is 12.4. The van der Waals surface area contributed by atoms with Gasteiger partial charge in [-0.25, -0.2) is 22.1 Å². The van der Waals surface area contributed by atoms with Gasteiger partial charge in [-0.15, -0.1) is 0 Å². The highest BCUT2D eigenvalue weighted by atomic mass is 32.2. The number of hydrogen-bond acceptors (Lipinski definition) is 8. The van der Waals surface area contributed by atoms with E-state index in [2.05, 4.69) is 14.9 Å². The van der Waals surface area contributed by atoms with E-state index < -0.39 is 28.1 Å². The van der Waals surface area contributed by atoms with E-state index in [0.29, 0.717) is 12.2 Å². The molecule has 0 amide bonds. The SMILES string of the molecule is CN(C)S(=O)(=O)c1ccc(N2CC[C@H](O)[C@H]2C(=O)O)c2nonc12. The van der Waals surface area contributed by atoms with Crippen LogP contribution in [0.5, 0.6) is 0 Å². The van der Waals surface area contributed by atoms with E-state index in [-0.39, 0.29) is 22.3 Å². The third-order valence-electron chi connectivity index (χ3n) is 4.04. The van der Waals surface area contributed by atoms with Crippen LogP contribution in [0.1, 0.15) is 6.42 Å². The average Bonchev–Trinajstić information content (AvgIpc) is 3.12. The van der Waals surface area contributed by atoms with Crippen LogP contribution in [-0.2, 0) is 14.8 Å². The molecule has 0 aliphatic carbocycles. The molecule has 2 heterocycles. The van der Waals surface area contributed by atoms with Crippen LogP contribution in [0.2, 0.25) is 0 Å². The highest BCUT2D eigenvalue weighted by Gasteiger charge is 2.40. The summed E-state index contributed by atoms with van der Waals surface area (Å²) in [6.45, 7) is 0.292. The lowest BCUT2D eigenvalue weighted by Gasteiger charge is -2.25. The van der Waals surface area contributed by atoms with Crippen molar-refractivity contribution in [3.63, 3.8) is 0 Å². The number of aliphatic hydroxyl groups is 1. The fourth-order valence-corrected chi connectivity index (χ4v) is 3.82. The van der Waals surface area contributed by atoms with E-state index in [1.54, 1.807) is 0 Å². The molecule has 11 heteroatoms. The molecule has 0 unspecified atom stereocenters.